The fourth-order valence-electron chi connectivity index (χ4n) is 2.38. The van der Waals surface area contributed by atoms with Gasteiger partial charge >= 0.3 is 12.0 Å². The van der Waals surface area contributed by atoms with Gasteiger partial charge in [-0.2, -0.15) is 0 Å². The molecule has 0 spiro atoms. The third-order valence-corrected chi connectivity index (χ3v) is 3.30. The summed E-state index contributed by atoms with van der Waals surface area (Å²) in [4.78, 5) is 26.1. The summed E-state index contributed by atoms with van der Waals surface area (Å²) in [6, 6.07) is -1.24. The predicted molar refractivity (Wildman–Crippen MR) is 61.2 cm³/mol. The largest absolute Gasteiger partial charge is 0.480 e. The van der Waals surface area contributed by atoms with Crippen LogP contribution in [0, 0.1) is 0 Å². The van der Waals surface area contributed by atoms with Crippen LogP contribution in [0.4, 0.5) is 4.79 Å². The summed E-state index contributed by atoms with van der Waals surface area (Å²) in [7, 11) is 0. The van der Waals surface area contributed by atoms with Crippen LogP contribution in [0.15, 0.2) is 0 Å². The molecule has 2 saturated heterocycles. The minimum atomic E-state index is -1.06. The molecule has 0 aliphatic carbocycles. The summed E-state index contributed by atoms with van der Waals surface area (Å²) < 4.78 is 5.25. The third-order valence-electron chi connectivity index (χ3n) is 3.30. The van der Waals surface area contributed by atoms with E-state index >= 15 is 0 Å². The molecule has 0 aromatic carbocycles. The lowest BCUT2D eigenvalue weighted by Crippen LogP contribution is -2.48. The Kier molecular flexibility index (Phi) is 4.03. The van der Waals surface area contributed by atoms with Gasteiger partial charge < -0.3 is 24.7 Å². The first-order valence-corrected chi connectivity index (χ1v) is 6.13. The van der Waals surface area contributed by atoms with Crippen LogP contribution in [-0.2, 0) is 9.53 Å². The van der Waals surface area contributed by atoms with Crippen LogP contribution in [0.5, 0.6) is 0 Å². The van der Waals surface area contributed by atoms with Gasteiger partial charge in [0, 0.05) is 32.7 Å². The summed E-state index contributed by atoms with van der Waals surface area (Å²) in [5.74, 6) is -1.06. The van der Waals surface area contributed by atoms with Crippen molar-refractivity contribution in [3.8, 4) is 0 Å². The molecule has 7 heteroatoms. The summed E-state index contributed by atoms with van der Waals surface area (Å²) in [6.45, 7) is 2.22. The maximum absolute atomic E-state index is 12.2. The van der Waals surface area contributed by atoms with E-state index in [0.29, 0.717) is 26.3 Å². The molecular weight excluding hydrogens is 240 g/mol. The van der Waals surface area contributed by atoms with Gasteiger partial charge in [0.05, 0.1) is 12.7 Å². The molecule has 0 saturated carbocycles. The molecular formula is C11H18N2O5. The maximum atomic E-state index is 12.2. The van der Waals surface area contributed by atoms with Gasteiger partial charge in [-0.05, 0) is 6.42 Å². The van der Waals surface area contributed by atoms with Crippen molar-refractivity contribution in [2.45, 2.75) is 25.0 Å². The number of ether oxygens (including phenoxy) is 1. The Bertz CT molecular complexity index is 327. The van der Waals surface area contributed by atoms with Gasteiger partial charge in [-0.25, -0.2) is 9.59 Å². The maximum Gasteiger partial charge on any atom is 0.326 e. The SMILES string of the molecule is O=C(O)[C@@H]1C[C@H](O)CN1C(=O)N1CCCOCC1. The number of amides is 2. The number of aliphatic hydroxyl groups is 1. The van der Waals surface area contributed by atoms with E-state index in [-0.39, 0.29) is 19.0 Å². The number of carbonyl (C=O) groups is 2. The number of aliphatic hydroxyl groups excluding tert-OH is 1. The molecule has 2 atom stereocenters. The Hall–Kier alpha value is -1.34. The van der Waals surface area contributed by atoms with E-state index in [1.165, 1.54) is 4.90 Å². The van der Waals surface area contributed by atoms with E-state index in [0.717, 1.165) is 6.42 Å². The normalized spacial score (nSPS) is 29.2. The lowest BCUT2D eigenvalue weighted by atomic mass is 10.2. The minimum absolute atomic E-state index is 0.0904. The van der Waals surface area contributed by atoms with E-state index in [1.807, 2.05) is 0 Å². The van der Waals surface area contributed by atoms with Crippen molar-refractivity contribution in [3.63, 3.8) is 0 Å². The highest BCUT2D eigenvalue weighted by atomic mass is 16.5. The second-order valence-corrected chi connectivity index (χ2v) is 4.63. The quantitative estimate of drug-likeness (QED) is 0.652. The Morgan fingerprint density at radius 3 is 2.72 bits per heavy atom. The fourth-order valence-corrected chi connectivity index (χ4v) is 2.38. The van der Waals surface area contributed by atoms with Gasteiger partial charge in [-0.3, -0.25) is 0 Å². The number of nitrogens with zero attached hydrogens (tertiary/aromatic N) is 2. The molecule has 2 aliphatic heterocycles. The summed E-state index contributed by atoms with van der Waals surface area (Å²) in [5.41, 5.74) is 0. The molecule has 0 bridgehead atoms. The van der Waals surface area contributed by atoms with Crippen LogP contribution in [0.25, 0.3) is 0 Å². The van der Waals surface area contributed by atoms with Gasteiger partial charge in [-0.15, -0.1) is 0 Å². The second kappa shape index (κ2) is 5.53. The highest BCUT2D eigenvalue weighted by Gasteiger charge is 2.40. The molecule has 2 heterocycles. The van der Waals surface area contributed by atoms with Crippen molar-refractivity contribution in [3.05, 3.63) is 0 Å². The Morgan fingerprint density at radius 2 is 2.00 bits per heavy atom. The van der Waals surface area contributed by atoms with Crippen LogP contribution < -0.4 is 0 Å². The fraction of sp³-hybridized carbons (Fsp3) is 0.818. The molecule has 0 aromatic rings. The van der Waals surface area contributed by atoms with E-state index in [1.54, 1.807) is 4.90 Å². The van der Waals surface area contributed by atoms with E-state index < -0.39 is 18.1 Å². The molecule has 0 radical (unpaired) electrons. The monoisotopic (exact) mass is 258 g/mol. The number of likely N-dealkylation sites (tertiary alicyclic amines) is 1. The lowest BCUT2D eigenvalue weighted by molar-refractivity contribution is -0.141. The molecule has 102 valence electrons. The minimum Gasteiger partial charge on any atom is -0.480 e. The van der Waals surface area contributed by atoms with Crippen LogP contribution in [0.2, 0.25) is 0 Å². The van der Waals surface area contributed by atoms with Crippen LogP contribution in [-0.4, -0.2) is 77.0 Å². The first kappa shape index (κ1) is 13.1. The first-order valence-electron chi connectivity index (χ1n) is 6.13. The average molecular weight is 258 g/mol. The van der Waals surface area contributed by atoms with E-state index in [4.69, 9.17) is 9.84 Å². The van der Waals surface area contributed by atoms with Gasteiger partial charge in [0.1, 0.15) is 6.04 Å². The summed E-state index contributed by atoms with van der Waals surface area (Å²) in [5, 5.41) is 18.6. The summed E-state index contributed by atoms with van der Waals surface area (Å²) >= 11 is 0. The molecule has 2 amide bonds. The van der Waals surface area contributed by atoms with Crippen molar-refractivity contribution < 1.29 is 24.5 Å². The lowest BCUT2D eigenvalue weighted by Gasteiger charge is -2.28. The van der Waals surface area contributed by atoms with Crippen LogP contribution >= 0.6 is 0 Å². The van der Waals surface area contributed by atoms with E-state index in [9.17, 15) is 14.7 Å². The van der Waals surface area contributed by atoms with Crippen molar-refractivity contribution in [2.24, 2.45) is 0 Å². The van der Waals surface area contributed by atoms with Crippen molar-refractivity contribution in [2.75, 3.05) is 32.8 Å². The van der Waals surface area contributed by atoms with Gasteiger partial charge in [-0.1, -0.05) is 0 Å². The van der Waals surface area contributed by atoms with Gasteiger partial charge in [0.15, 0.2) is 0 Å². The smallest absolute Gasteiger partial charge is 0.326 e. The highest BCUT2D eigenvalue weighted by Crippen LogP contribution is 2.20. The van der Waals surface area contributed by atoms with Crippen molar-refractivity contribution in [1.82, 2.24) is 9.80 Å². The Labute approximate surface area is 105 Å². The van der Waals surface area contributed by atoms with Crippen molar-refractivity contribution >= 4 is 12.0 Å². The number of carbonyl (C=O) groups excluding carboxylic acids is 1. The van der Waals surface area contributed by atoms with Gasteiger partial charge in [0.25, 0.3) is 0 Å². The Balaban J connectivity index is 2.04. The zero-order valence-electron chi connectivity index (χ0n) is 10.1. The average Bonchev–Trinajstić information content (AvgIpc) is 2.56. The highest BCUT2D eigenvalue weighted by molar-refractivity contribution is 5.83. The molecule has 18 heavy (non-hydrogen) atoms. The Morgan fingerprint density at radius 1 is 1.22 bits per heavy atom. The zero-order valence-corrected chi connectivity index (χ0v) is 10.1. The number of hydrogen-bond acceptors (Lipinski definition) is 4. The third kappa shape index (κ3) is 2.73. The number of urea groups is 1. The molecule has 2 fully saturated rings. The molecule has 2 aliphatic rings. The first-order chi connectivity index (χ1) is 8.59. The molecule has 0 unspecified atom stereocenters. The number of β-amino-alcohol motifs (C(OH)–C–C–N with tert-alkyl or cyclic N) is 1. The van der Waals surface area contributed by atoms with Crippen LogP contribution in [0.3, 0.4) is 0 Å². The zero-order chi connectivity index (χ0) is 13.1. The molecule has 7 nitrogen and oxygen atoms in total. The summed E-state index contributed by atoms with van der Waals surface area (Å²) in [6.07, 6.45) is 0.101. The van der Waals surface area contributed by atoms with E-state index in [2.05, 4.69) is 0 Å². The van der Waals surface area contributed by atoms with Crippen molar-refractivity contribution in [1.29, 1.82) is 0 Å². The number of hydrogen-bond donors (Lipinski definition) is 2. The standard InChI is InChI=1S/C11H18N2O5/c14-8-6-9(10(15)16)13(7-8)11(17)12-2-1-4-18-5-3-12/h8-9,14H,1-7H2,(H,15,16)/t8-,9-/m0/s1. The molecule has 0 aromatic heterocycles. The molecule has 2 N–H and O–H groups in total. The predicted octanol–water partition coefficient (Wildman–Crippen LogP) is -0.651. The number of rotatable bonds is 1. The second-order valence-electron chi connectivity index (χ2n) is 4.63. The van der Waals surface area contributed by atoms with Crippen LogP contribution in [0.1, 0.15) is 12.8 Å². The number of carboxylic acid groups (broad SMARTS) is 1. The molecule has 2 rings (SSSR count). The number of carboxylic acids is 1. The topological polar surface area (TPSA) is 90.3 Å². The van der Waals surface area contributed by atoms with Gasteiger partial charge in [0.2, 0.25) is 0 Å². The number of aliphatic carboxylic acids is 1.